The predicted octanol–water partition coefficient (Wildman–Crippen LogP) is 7.95. The average molecular weight is 405 g/mol. The van der Waals surface area contributed by atoms with Gasteiger partial charge in [0, 0.05) is 5.56 Å². The maximum Gasteiger partial charge on any atom is 0.267 e. The zero-order valence-corrected chi connectivity index (χ0v) is 17.3. The van der Waals surface area contributed by atoms with Crippen molar-refractivity contribution in [1.29, 1.82) is 0 Å². The summed E-state index contributed by atoms with van der Waals surface area (Å²) in [6, 6.07) is 10.6. The van der Waals surface area contributed by atoms with Gasteiger partial charge in [-0.1, -0.05) is 63.1 Å². The molecule has 0 saturated heterocycles. The number of aliphatic hydroxyl groups is 1. The molecular formula is C25H31F3O. The normalized spacial score (nSPS) is 20.8. The Labute approximate surface area is 172 Å². The summed E-state index contributed by atoms with van der Waals surface area (Å²) in [5, 5.41) is 9.98. The van der Waals surface area contributed by atoms with Crippen molar-refractivity contribution in [2.24, 2.45) is 5.92 Å². The lowest BCUT2D eigenvalue weighted by Gasteiger charge is -2.28. The summed E-state index contributed by atoms with van der Waals surface area (Å²) in [6.45, 7) is 3.92. The van der Waals surface area contributed by atoms with Gasteiger partial charge in [-0.05, 0) is 60.6 Å². The Balaban J connectivity index is 1.82. The third-order valence-electron chi connectivity index (χ3n) is 6.41. The Kier molecular flexibility index (Phi) is 7.39. The van der Waals surface area contributed by atoms with Crippen LogP contribution in [0.3, 0.4) is 0 Å². The third-order valence-corrected chi connectivity index (χ3v) is 6.41. The highest BCUT2D eigenvalue weighted by Gasteiger charge is 2.25. The molecule has 1 aliphatic carbocycles. The van der Waals surface area contributed by atoms with Gasteiger partial charge in [0.2, 0.25) is 0 Å². The quantitative estimate of drug-likeness (QED) is 0.496. The molecule has 0 amide bonds. The minimum absolute atomic E-state index is 0.0239. The SMILES string of the molecule is CCCC1CCC(c2ccc(-c3ccc(C(O)CC)c(C(F)F)c3F)cc2)CC1. The Morgan fingerprint density at radius 3 is 2.17 bits per heavy atom. The molecule has 1 atom stereocenters. The van der Waals surface area contributed by atoms with Crippen molar-refractivity contribution in [1.82, 2.24) is 0 Å². The summed E-state index contributed by atoms with van der Waals surface area (Å²) in [7, 11) is 0. The Hall–Kier alpha value is -1.81. The summed E-state index contributed by atoms with van der Waals surface area (Å²) in [6.07, 6.45) is 3.62. The standard InChI is InChI=1S/C25H31F3O/c1-3-5-16-6-8-17(9-7-16)18-10-12-19(13-11-18)20-14-15-21(22(29)4-2)23(24(20)26)25(27)28/h10-17,22,25,29H,3-9H2,1-2H3. The molecular weight excluding hydrogens is 373 g/mol. The zero-order chi connectivity index (χ0) is 21.0. The van der Waals surface area contributed by atoms with E-state index in [2.05, 4.69) is 6.92 Å². The van der Waals surface area contributed by atoms with Gasteiger partial charge < -0.3 is 5.11 Å². The fourth-order valence-electron chi connectivity index (χ4n) is 4.69. The molecule has 1 N–H and O–H groups in total. The van der Waals surface area contributed by atoms with Crippen LogP contribution in [-0.2, 0) is 0 Å². The van der Waals surface area contributed by atoms with Crippen molar-refractivity contribution in [2.75, 3.05) is 0 Å². The van der Waals surface area contributed by atoms with Crippen molar-refractivity contribution in [3.05, 3.63) is 58.9 Å². The van der Waals surface area contributed by atoms with E-state index in [9.17, 15) is 18.3 Å². The van der Waals surface area contributed by atoms with Crippen molar-refractivity contribution in [3.8, 4) is 11.1 Å². The maximum absolute atomic E-state index is 14.9. The second kappa shape index (κ2) is 9.80. The van der Waals surface area contributed by atoms with Crippen LogP contribution in [0.4, 0.5) is 13.2 Å². The minimum atomic E-state index is -2.97. The molecule has 3 rings (SSSR count). The Morgan fingerprint density at radius 2 is 1.62 bits per heavy atom. The number of halogens is 3. The molecule has 0 radical (unpaired) electrons. The van der Waals surface area contributed by atoms with E-state index in [0.29, 0.717) is 11.5 Å². The number of hydrogen-bond acceptors (Lipinski definition) is 1. The van der Waals surface area contributed by atoms with Gasteiger partial charge in [-0.2, -0.15) is 0 Å². The van der Waals surface area contributed by atoms with E-state index in [1.807, 2.05) is 24.3 Å². The van der Waals surface area contributed by atoms with Crippen molar-refractivity contribution in [3.63, 3.8) is 0 Å². The number of hydrogen-bond donors (Lipinski definition) is 1. The number of aliphatic hydroxyl groups excluding tert-OH is 1. The van der Waals surface area contributed by atoms with Gasteiger partial charge in [0.15, 0.2) is 0 Å². The highest BCUT2D eigenvalue weighted by Crippen LogP contribution is 2.39. The van der Waals surface area contributed by atoms with Crippen LogP contribution < -0.4 is 0 Å². The number of alkyl halides is 2. The van der Waals surface area contributed by atoms with Crippen LogP contribution in [-0.4, -0.2) is 5.11 Å². The van der Waals surface area contributed by atoms with E-state index in [1.165, 1.54) is 56.2 Å². The molecule has 4 heteroatoms. The van der Waals surface area contributed by atoms with Crippen LogP contribution in [0.15, 0.2) is 36.4 Å². The molecule has 0 aliphatic heterocycles. The lowest BCUT2D eigenvalue weighted by Crippen LogP contribution is -2.13. The first-order valence-corrected chi connectivity index (χ1v) is 10.8. The van der Waals surface area contributed by atoms with E-state index < -0.39 is 23.9 Å². The van der Waals surface area contributed by atoms with Crippen LogP contribution in [0.1, 0.15) is 93.9 Å². The van der Waals surface area contributed by atoms with Gasteiger partial charge in [0.05, 0.1) is 11.7 Å². The molecule has 0 spiro atoms. The molecule has 1 fully saturated rings. The molecule has 1 unspecified atom stereocenters. The smallest absolute Gasteiger partial charge is 0.267 e. The highest BCUT2D eigenvalue weighted by atomic mass is 19.3. The van der Waals surface area contributed by atoms with E-state index >= 15 is 0 Å². The lowest BCUT2D eigenvalue weighted by molar-refractivity contribution is 0.130. The molecule has 1 saturated carbocycles. The summed E-state index contributed by atoms with van der Waals surface area (Å²) in [4.78, 5) is 0. The Bertz CT molecular complexity index is 792. The molecule has 1 nitrogen and oxygen atoms in total. The van der Waals surface area contributed by atoms with E-state index in [0.717, 1.165) is 5.92 Å². The summed E-state index contributed by atoms with van der Waals surface area (Å²) in [5.74, 6) is 0.438. The first-order valence-electron chi connectivity index (χ1n) is 10.8. The first-order chi connectivity index (χ1) is 14.0. The lowest BCUT2D eigenvalue weighted by atomic mass is 9.77. The van der Waals surface area contributed by atoms with Gasteiger partial charge in [0.1, 0.15) is 5.82 Å². The van der Waals surface area contributed by atoms with Gasteiger partial charge >= 0.3 is 0 Å². The van der Waals surface area contributed by atoms with Crippen molar-refractivity contribution < 1.29 is 18.3 Å². The summed E-state index contributed by atoms with van der Waals surface area (Å²) < 4.78 is 42.0. The van der Waals surface area contributed by atoms with Gasteiger partial charge in [-0.3, -0.25) is 0 Å². The molecule has 0 bridgehead atoms. The van der Waals surface area contributed by atoms with E-state index in [-0.39, 0.29) is 17.5 Å². The van der Waals surface area contributed by atoms with Crippen LogP contribution in [0.25, 0.3) is 11.1 Å². The largest absolute Gasteiger partial charge is 0.388 e. The fraction of sp³-hybridized carbons (Fsp3) is 0.520. The number of benzene rings is 2. The maximum atomic E-state index is 14.9. The average Bonchev–Trinajstić information content (AvgIpc) is 2.73. The first kappa shape index (κ1) is 21.9. The molecule has 2 aromatic carbocycles. The number of rotatable bonds is 7. The van der Waals surface area contributed by atoms with Gasteiger partial charge in [-0.15, -0.1) is 0 Å². The molecule has 0 heterocycles. The molecule has 29 heavy (non-hydrogen) atoms. The molecule has 1 aliphatic rings. The van der Waals surface area contributed by atoms with E-state index in [4.69, 9.17) is 0 Å². The van der Waals surface area contributed by atoms with Crippen LogP contribution >= 0.6 is 0 Å². The predicted molar refractivity (Wildman–Crippen MR) is 112 cm³/mol. The fourth-order valence-corrected chi connectivity index (χ4v) is 4.69. The van der Waals surface area contributed by atoms with Crippen molar-refractivity contribution >= 4 is 0 Å². The minimum Gasteiger partial charge on any atom is -0.388 e. The monoisotopic (exact) mass is 404 g/mol. The molecule has 158 valence electrons. The Morgan fingerprint density at radius 1 is 0.966 bits per heavy atom. The van der Waals surface area contributed by atoms with Crippen molar-refractivity contribution in [2.45, 2.75) is 77.2 Å². The second-order valence-electron chi connectivity index (χ2n) is 8.28. The topological polar surface area (TPSA) is 20.2 Å². The summed E-state index contributed by atoms with van der Waals surface area (Å²) >= 11 is 0. The van der Waals surface area contributed by atoms with Crippen LogP contribution in [0.5, 0.6) is 0 Å². The molecule has 0 aromatic heterocycles. The van der Waals surface area contributed by atoms with Gasteiger partial charge in [-0.25, -0.2) is 13.2 Å². The third kappa shape index (κ3) is 4.85. The zero-order valence-electron chi connectivity index (χ0n) is 17.3. The molecule has 2 aromatic rings. The van der Waals surface area contributed by atoms with E-state index in [1.54, 1.807) is 6.92 Å². The summed E-state index contributed by atoms with van der Waals surface area (Å²) in [5.41, 5.74) is 1.28. The van der Waals surface area contributed by atoms with Crippen LogP contribution in [0, 0.1) is 11.7 Å². The van der Waals surface area contributed by atoms with Gasteiger partial charge in [0.25, 0.3) is 6.43 Å². The second-order valence-corrected chi connectivity index (χ2v) is 8.28. The highest BCUT2D eigenvalue weighted by molar-refractivity contribution is 5.66. The van der Waals surface area contributed by atoms with Crippen LogP contribution in [0.2, 0.25) is 0 Å².